The Bertz CT molecular complexity index is 913. The van der Waals surface area contributed by atoms with E-state index in [-0.39, 0.29) is 27.5 Å². The maximum absolute atomic E-state index is 12.3. The Morgan fingerprint density at radius 2 is 1.80 bits per heavy atom. The zero-order valence-electron chi connectivity index (χ0n) is 13.2. The average Bonchev–Trinajstić information content (AvgIpc) is 2.55. The normalized spacial score (nSPS) is 12.5. The molecule has 1 atom stereocenters. The molecule has 0 aliphatic heterocycles. The molecule has 0 saturated heterocycles. The second-order valence-corrected chi connectivity index (χ2v) is 7.72. The summed E-state index contributed by atoms with van der Waals surface area (Å²) < 4.78 is 44.5. The standard InChI is InChI=1S/C16H14BrClO6S/c1-23-14-11(17)8-7-10(13(14)16(19)24-2)15(25(20,21)22)9-5-3-4-6-12(9)18/h3-8,15H,1-2H3,(H,20,21,22). The summed E-state index contributed by atoms with van der Waals surface area (Å²) in [4.78, 5) is 12.3. The van der Waals surface area contributed by atoms with E-state index in [1.165, 1.54) is 31.4 Å². The van der Waals surface area contributed by atoms with Gasteiger partial charge in [0.2, 0.25) is 0 Å². The SMILES string of the molecule is COC(=O)c1c(C(c2ccccc2Cl)S(=O)(=O)O)ccc(Br)c1OC. The Balaban J connectivity index is 2.88. The van der Waals surface area contributed by atoms with Crippen molar-refractivity contribution in [2.75, 3.05) is 14.2 Å². The summed E-state index contributed by atoms with van der Waals surface area (Å²) in [6.07, 6.45) is 0. The van der Waals surface area contributed by atoms with Gasteiger partial charge in [-0.15, -0.1) is 0 Å². The summed E-state index contributed by atoms with van der Waals surface area (Å²) in [5.74, 6) is -0.723. The van der Waals surface area contributed by atoms with Crippen molar-refractivity contribution in [1.82, 2.24) is 0 Å². The van der Waals surface area contributed by atoms with Gasteiger partial charge < -0.3 is 9.47 Å². The molecule has 0 aromatic heterocycles. The Labute approximate surface area is 158 Å². The number of ether oxygens (including phenoxy) is 2. The molecule has 2 aromatic carbocycles. The molecule has 0 saturated carbocycles. The third kappa shape index (κ3) is 3.98. The van der Waals surface area contributed by atoms with Crippen LogP contribution in [0.2, 0.25) is 5.02 Å². The van der Waals surface area contributed by atoms with E-state index in [1.807, 2.05) is 0 Å². The van der Waals surface area contributed by atoms with Crippen LogP contribution in [-0.4, -0.2) is 33.2 Å². The molecule has 6 nitrogen and oxygen atoms in total. The molecule has 25 heavy (non-hydrogen) atoms. The fourth-order valence-corrected chi connectivity index (χ4v) is 4.32. The van der Waals surface area contributed by atoms with Gasteiger partial charge in [0.05, 0.1) is 18.7 Å². The van der Waals surface area contributed by atoms with E-state index < -0.39 is 21.3 Å². The highest BCUT2D eigenvalue weighted by Gasteiger charge is 2.35. The van der Waals surface area contributed by atoms with Crippen LogP contribution in [-0.2, 0) is 14.9 Å². The summed E-state index contributed by atoms with van der Waals surface area (Å²) in [6, 6.07) is 9.04. The number of hydrogen-bond donors (Lipinski definition) is 1. The quantitative estimate of drug-likeness (QED) is 0.550. The fourth-order valence-electron chi connectivity index (χ4n) is 2.48. The van der Waals surface area contributed by atoms with Crippen molar-refractivity contribution in [3.05, 3.63) is 62.6 Å². The molecular weight excluding hydrogens is 436 g/mol. The Morgan fingerprint density at radius 3 is 2.32 bits per heavy atom. The first-order chi connectivity index (χ1) is 11.7. The lowest BCUT2D eigenvalue weighted by Crippen LogP contribution is -2.19. The molecule has 0 aliphatic carbocycles. The van der Waals surface area contributed by atoms with Crippen LogP contribution in [0, 0.1) is 0 Å². The lowest BCUT2D eigenvalue weighted by Gasteiger charge is -2.21. The number of carbonyl (C=O) groups is 1. The Kier molecular flexibility index (Phi) is 6.10. The molecule has 0 spiro atoms. The molecule has 0 fully saturated rings. The number of esters is 1. The zero-order valence-corrected chi connectivity index (χ0v) is 16.4. The van der Waals surface area contributed by atoms with Gasteiger partial charge in [0, 0.05) is 5.02 Å². The first kappa shape index (κ1) is 19.7. The van der Waals surface area contributed by atoms with Crippen molar-refractivity contribution < 1.29 is 27.2 Å². The number of benzene rings is 2. The third-order valence-electron chi connectivity index (χ3n) is 3.50. The van der Waals surface area contributed by atoms with Crippen LogP contribution < -0.4 is 4.74 Å². The minimum atomic E-state index is -4.66. The van der Waals surface area contributed by atoms with Gasteiger partial charge in [-0.05, 0) is 39.2 Å². The smallest absolute Gasteiger partial charge is 0.342 e. The maximum atomic E-state index is 12.3. The first-order valence-corrected chi connectivity index (χ1v) is 9.55. The van der Waals surface area contributed by atoms with E-state index in [4.69, 9.17) is 21.1 Å². The van der Waals surface area contributed by atoms with Gasteiger partial charge in [-0.3, -0.25) is 4.55 Å². The molecule has 0 aliphatic rings. The van der Waals surface area contributed by atoms with Crippen molar-refractivity contribution >= 4 is 43.6 Å². The molecular formula is C16H14BrClO6S. The molecule has 9 heteroatoms. The minimum absolute atomic E-state index is 0.0116. The summed E-state index contributed by atoms with van der Waals surface area (Å²) >= 11 is 9.35. The van der Waals surface area contributed by atoms with Crippen molar-refractivity contribution in [3.63, 3.8) is 0 Å². The van der Waals surface area contributed by atoms with Crippen LogP contribution >= 0.6 is 27.5 Å². The Hall–Kier alpha value is -1.61. The van der Waals surface area contributed by atoms with Crippen molar-refractivity contribution in [1.29, 1.82) is 0 Å². The van der Waals surface area contributed by atoms with E-state index >= 15 is 0 Å². The molecule has 0 bridgehead atoms. The first-order valence-electron chi connectivity index (χ1n) is 6.87. The molecule has 0 amide bonds. The van der Waals surface area contributed by atoms with Crippen LogP contribution in [0.4, 0.5) is 0 Å². The summed E-state index contributed by atoms with van der Waals surface area (Å²) in [5.41, 5.74) is -0.00869. The van der Waals surface area contributed by atoms with Gasteiger partial charge in [-0.25, -0.2) is 4.79 Å². The minimum Gasteiger partial charge on any atom is -0.495 e. The Morgan fingerprint density at radius 1 is 1.16 bits per heavy atom. The molecule has 1 unspecified atom stereocenters. The van der Waals surface area contributed by atoms with Gasteiger partial charge in [-0.1, -0.05) is 35.9 Å². The number of rotatable bonds is 5. The largest absolute Gasteiger partial charge is 0.495 e. The van der Waals surface area contributed by atoms with Gasteiger partial charge in [0.15, 0.2) is 0 Å². The van der Waals surface area contributed by atoms with Crippen LogP contribution in [0.25, 0.3) is 0 Å². The number of halogens is 2. The van der Waals surface area contributed by atoms with Crippen LogP contribution in [0.3, 0.4) is 0 Å². The van der Waals surface area contributed by atoms with Gasteiger partial charge >= 0.3 is 5.97 Å². The van der Waals surface area contributed by atoms with E-state index in [9.17, 15) is 17.8 Å². The van der Waals surface area contributed by atoms with Crippen LogP contribution in [0.15, 0.2) is 40.9 Å². The lowest BCUT2D eigenvalue weighted by atomic mass is 9.98. The topological polar surface area (TPSA) is 89.9 Å². The third-order valence-corrected chi connectivity index (χ3v) is 5.58. The van der Waals surface area contributed by atoms with Gasteiger partial charge in [-0.2, -0.15) is 8.42 Å². The van der Waals surface area contributed by atoms with E-state index in [0.29, 0.717) is 4.47 Å². The fraction of sp³-hybridized carbons (Fsp3) is 0.188. The van der Waals surface area contributed by atoms with Crippen molar-refractivity contribution in [3.8, 4) is 5.75 Å². The highest BCUT2D eigenvalue weighted by molar-refractivity contribution is 9.10. The second kappa shape index (κ2) is 7.74. The molecule has 0 radical (unpaired) electrons. The van der Waals surface area contributed by atoms with Gasteiger partial charge in [0.25, 0.3) is 10.1 Å². The molecule has 2 rings (SSSR count). The molecule has 2 aromatic rings. The summed E-state index contributed by atoms with van der Waals surface area (Å²) in [7, 11) is -2.17. The molecule has 0 heterocycles. The van der Waals surface area contributed by atoms with Crippen LogP contribution in [0.1, 0.15) is 26.7 Å². The zero-order chi connectivity index (χ0) is 18.8. The number of hydrogen-bond acceptors (Lipinski definition) is 5. The highest BCUT2D eigenvalue weighted by atomic mass is 79.9. The highest BCUT2D eigenvalue weighted by Crippen LogP contribution is 2.41. The van der Waals surface area contributed by atoms with Gasteiger partial charge in [0.1, 0.15) is 16.6 Å². The lowest BCUT2D eigenvalue weighted by molar-refractivity contribution is 0.0595. The summed E-state index contributed by atoms with van der Waals surface area (Å²) in [5, 5.41) is -1.46. The average molecular weight is 450 g/mol. The molecule has 134 valence electrons. The number of methoxy groups -OCH3 is 2. The predicted molar refractivity (Wildman–Crippen MR) is 96.9 cm³/mol. The predicted octanol–water partition coefficient (Wildman–Crippen LogP) is 3.87. The van der Waals surface area contributed by atoms with Crippen molar-refractivity contribution in [2.24, 2.45) is 0 Å². The van der Waals surface area contributed by atoms with Crippen molar-refractivity contribution in [2.45, 2.75) is 5.25 Å². The van der Waals surface area contributed by atoms with E-state index in [1.54, 1.807) is 12.1 Å². The molecule has 1 N–H and O–H groups in total. The summed E-state index contributed by atoms with van der Waals surface area (Å²) in [6.45, 7) is 0. The maximum Gasteiger partial charge on any atom is 0.342 e. The second-order valence-electron chi connectivity index (χ2n) is 4.95. The van der Waals surface area contributed by atoms with Crippen LogP contribution in [0.5, 0.6) is 5.75 Å². The van der Waals surface area contributed by atoms with E-state index in [2.05, 4.69) is 15.9 Å². The number of carbonyl (C=O) groups excluding carboxylic acids is 1. The monoisotopic (exact) mass is 448 g/mol. The van der Waals surface area contributed by atoms with E-state index in [0.717, 1.165) is 7.11 Å².